The van der Waals surface area contributed by atoms with E-state index in [0.717, 1.165) is 11.1 Å². The molecule has 3 amide bonds. The summed E-state index contributed by atoms with van der Waals surface area (Å²) < 4.78 is 5.10. The molecule has 7 nitrogen and oxygen atoms in total. The molecule has 31 heavy (non-hydrogen) atoms. The van der Waals surface area contributed by atoms with E-state index in [9.17, 15) is 14.4 Å². The summed E-state index contributed by atoms with van der Waals surface area (Å²) in [5.41, 5.74) is 2.34. The minimum atomic E-state index is -0.284. The summed E-state index contributed by atoms with van der Waals surface area (Å²) >= 11 is 6.18. The third-order valence-electron chi connectivity index (χ3n) is 5.26. The molecule has 3 rings (SSSR count). The Bertz CT molecular complexity index is 951. The first-order valence-electron chi connectivity index (χ1n) is 10.0. The molecule has 0 bridgehead atoms. The van der Waals surface area contributed by atoms with Crippen molar-refractivity contribution >= 4 is 35.0 Å². The van der Waals surface area contributed by atoms with E-state index >= 15 is 0 Å². The summed E-state index contributed by atoms with van der Waals surface area (Å²) in [5.74, 6) is -0.629. The van der Waals surface area contributed by atoms with E-state index in [0.29, 0.717) is 23.9 Å². The normalized spacial score (nSPS) is 13.6. The molecular formula is C23H26ClN3O4. The van der Waals surface area contributed by atoms with Crippen LogP contribution in [0.15, 0.2) is 48.5 Å². The number of carbonyl (C=O) groups is 3. The van der Waals surface area contributed by atoms with E-state index < -0.39 is 0 Å². The average Bonchev–Trinajstić information content (AvgIpc) is 3.15. The second-order valence-corrected chi connectivity index (χ2v) is 7.82. The lowest BCUT2D eigenvalue weighted by Crippen LogP contribution is -2.44. The Morgan fingerprint density at radius 3 is 2.58 bits per heavy atom. The van der Waals surface area contributed by atoms with Gasteiger partial charge in [0.05, 0.1) is 19.6 Å². The highest BCUT2D eigenvalue weighted by Gasteiger charge is 2.33. The SMILES string of the molecule is COCCN(CC(=O)N1CC(=O)N(c2cccc(Cl)c2C)C1)C(=O)Cc1ccccc1. The predicted octanol–water partition coefficient (Wildman–Crippen LogP) is 2.50. The maximum absolute atomic E-state index is 12.9. The van der Waals surface area contributed by atoms with Crippen LogP contribution in [0.1, 0.15) is 11.1 Å². The Morgan fingerprint density at radius 1 is 1.13 bits per heavy atom. The molecule has 1 aliphatic rings. The van der Waals surface area contributed by atoms with Crippen LogP contribution in [-0.2, 0) is 25.5 Å². The molecule has 0 spiro atoms. The van der Waals surface area contributed by atoms with E-state index in [-0.39, 0.29) is 43.9 Å². The summed E-state index contributed by atoms with van der Waals surface area (Å²) in [6, 6.07) is 14.7. The van der Waals surface area contributed by atoms with Gasteiger partial charge in [-0.1, -0.05) is 48.0 Å². The van der Waals surface area contributed by atoms with Crippen LogP contribution in [0.25, 0.3) is 0 Å². The fourth-order valence-electron chi connectivity index (χ4n) is 3.45. The van der Waals surface area contributed by atoms with Gasteiger partial charge in [-0.3, -0.25) is 19.3 Å². The van der Waals surface area contributed by atoms with Crippen LogP contribution in [0.3, 0.4) is 0 Å². The first kappa shape index (κ1) is 22.8. The molecule has 8 heteroatoms. The molecule has 1 heterocycles. The van der Waals surface area contributed by atoms with Gasteiger partial charge in [-0.15, -0.1) is 0 Å². The molecular weight excluding hydrogens is 418 g/mol. The summed E-state index contributed by atoms with van der Waals surface area (Å²) in [4.78, 5) is 42.8. The van der Waals surface area contributed by atoms with Gasteiger partial charge in [0.2, 0.25) is 17.7 Å². The molecule has 0 N–H and O–H groups in total. The smallest absolute Gasteiger partial charge is 0.248 e. The number of ether oxygens (including phenoxy) is 1. The van der Waals surface area contributed by atoms with Crippen LogP contribution >= 0.6 is 11.6 Å². The Hall–Kier alpha value is -2.90. The second kappa shape index (κ2) is 10.4. The second-order valence-electron chi connectivity index (χ2n) is 7.41. The lowest BCUT2D eigenvalue weighted by Gasteiger charge is -2.25. The number of halogens is 1. The molecule has 2 aromatic carbocycles. The quantitative estimate of drug-likeness (QED) is 0.628. The fraction of sp³-hybridized carbons (Fsp3) is 0.348. The average molecular weight is 444 g/mol. The van der Waals surface area contributed by atoms with Gasteiger partial charge in [-0.2, -0.15) is 0 Å². The van der Waals surface area contributed by atoms with Crippen molar-refractivity contribution in [3.8, 4) is 0 Å². The number of anilines is 1. The largest absolute Gasteiger partial charge is 0.383 e. The minimum Gasteiger partial charge on any atom is -0.383 e. The van der Waals surface area contributed by atoms with Crippen LogP contribution in [0, 0.1) is 6.92 Å². The maximum atomic E-state index is 12.9. The van der Waals surface area contributed by atoms with Gasteiger partial charge in [0, 0.05) is 24.4 Å². The Labute approximate surface area is 187 Å². The van der Waals surface area contributed by atoms with Crippen LogP contribution in [0.2, 0.25) is 5.02 Å². The molecule has 1 saturated heterocycles. The monoisotopic (exact) mass is 443 g/mol. The van der Waals surface area contributed by atoms with Crippen molar-refractivity contribution in [2.24, 2.45) is 0 Å². The van der Waals surface area contributed by atoms with E-state index in [1.807, 2.05) is 37.3 Å². The molecule has 1 fully saturated rings. The van der Waals surface area contributed by atoms with Crippen molar-refractivity contribution in [2.45, 2.75) is 13.3 Å². The molecule has 0 saturated carbocycles. The number of carbonyl (C=O) groups excluding carboxylic acids is 3. The van der Waals surface area contributed by atoms with E-state index in [4.69, 9.17) is 16.3 Å². The summed E-state index contributed by atoms with van der Waals surface area (Å²) in [5, 5.41) is 0.562. The summed E-state index contributed by atoms with van der Waals surface area (Å²) in [7, 11) is 1.55. The van der Waals surface area contributed by atoms with Gasteiger partial charge >= 0.3 is 0 Å². The highest BCUT2D eigenvalue weighted by molar-refractivity contribution is 6.31. The van der Waals surface area contributed by atoms with Crippen LogP contribution < -0.4 is 4.90 Å². The third kappa shape index (κ3) is 5.62. The number of amides is 3. The first-order valence-corrected chi connectivity index (χ1v) is 10.4. The van der Waals surface area contributed by atoms with Crippen molar-refractivity contribution in [3.63, 3.8) is 0 Å². The third-order valence-corrected chi connectivity index (χ3v) is 5.67. The molecule has 0 aromatic heterocycles. The fourth-order valence-corrected chi connectivity index (χ4v) is 3.62. The van der Waals surface area contributed by atoms with Crippen molar-refractivity contribution < 1.29 is 19.1 Å². The predicted molar refractivity (Wildman–Crippen MR) is 119 cm³/mol. The number of hydrogen-bond acceptors (Lipinski definition) is 4. The highest BCUT2D eigenvalue weighted by Crippen LogP contribution is 2.28. The molecule has 1 aliphatic heterocycles. The van der Waals surface area contributed by atoms with Gasteiger partial charge < -0.3 is 14.5 Å². The zero-order valence-electron chi connectivity index (χ0n) is 17.7. The van der Waals surface area contributed by atoms with Gasteiger partial charge in [0.25, 0.3) is 0 Å². The zero-order valence-corrected chi connectivity index (χ0v) is 18.5. The number of benzene rings is 2. The molecule has 164 valence electrons. The highest BCUT2D eigenvalue weighted by atomic mass is 35.5. The number of nitrogens with zero attached hydrogens (tertiary/aromatic N) is 3. The molecule has 0 unspecified atom stereocenters. The lowest BCUT2D eigenvalue weighted by atomic mass is 10.1. The first-order chi connectivity index (χ1) is 14.9. The van der Waals surface area contributed by atoms with Crippen molar-refractivity contribution in [3.05, 3.63) is 64.7 Å². The van der Waals surface area contributed by atoms with Crippen LogP contribution in [0.5, 0.6) is 0 Å². The molecule has 0 aliphatic carbocycles. The lowest BCUT2D eigenvalue weighted by molar-refractivity contribution is -0.140. The summed E-state index contributed by atoms with van der Waals surface area (Å²) in [6.45, 7) is 2.45. The zero-order chi connectivity index (χ0) is 22.4. The van der Waals surface area contributed by atoms with Crippen molar-refractivity contribution in [1.29, 1.82) is 0 Å². The van der Waals surface area contributed by atoms with Crippen LogP contribution in [0.4, 0.5) is 5.69 Å². The van der Waals surface area contributed by atoms with Gasteiger partial charge in [0.1, 0.15) is 13.2 Å². The topological polar surface area (TPSA) is 70.2 Å². The van der Waals surface area contributed by atoms with Gasteiger partial charge in [-0.05, 0) is 30.2 Å². The van der Waals surface area contributed by atoms with Crippen LogP contribution in [-0.4, -0.2) is 67.5 Å². The Kier molecular flexibility index (Phi) is 7.65. The molecule has 0 atom stereocenters. The van der Waals surface area contributed by atoms with Crippen molar-refractivity contribution in [1.82, 2.24) is 9.80 Å². The number of rotatable bonds is 8. The Balaban J connectivity index is 1.67. The van der Waals surface area contributed by atoms with E-state index in [1.165, 1.54) is 9.80 Å². The molecule has 0 radical (unpaired) electrons. The maximum Gasteiger partial charge on any atom is 0.248 e. The van der Waals surface area contributed by atoms with Gasteiger partial charge in [0.15, 0.2) is 0 Å². The Morgan fingerprint density at radius 2 is 1.87 bits per heavy atom. The van der Waals surface area contributed by atoms with E-state index in [2.05, 4.69) is 0 Å². The van der Waals surface area contributed by atoms with Gasteiger partial charge in [-0.25, -0.2) is 0 Å². The summed E-state index contributed by atoms with van der Waals surface area (Å²) in [6.07, 6.45) is 0.199. The standard InChI is InChI=1S/C23H26ClN3O4/c1-17-19(24)9-6-10-20(17)27-16-26(15-23(27)30)22(29)14-25(11-12-31-2)21(28)13-18-7-4-3-5-8-18/h3-10H,11-16H2,1-2H3. The van der Waals surface area contributed by atoms with E-state index in [1.54, 1.807) is 30.2 Å². The van der Waals surface area contributed by atoms with Crippen molar-refractivity contribution in [2.75, 3.05) is 44.9 Å². The number of methoxy groups -OCH3 is 1. The minimum absolute atomic E-state index is 0.0320. The number of hydrogen-bond donors (Lipinski definition) is 0. The molecule has 2 aromatic rings.